The third-order valence-electron chi connectivity index (χ3n) is 5.23. The van der Waals surface area contributed by atoms with Gasteiger partial charge in [-0.1, -0.05) is 30.3 Å². The predicted molar refractivity (Wildman–Crippen MR) is 123 cm³/mol. The van der Waals surface area contributed by atoms with E-state index in [4.69, 9.17) is 4.74 Å². The van der Waals surface area contributed by atoms with E-state index in [1.54, 1.807) is 36.1 Å². The molecule has 31 heavy (non-hydrogen) atoms. The van der Waals surface area contributed by atoms with Gasteiger partial charge in [0.1, 0.15) is 23.1 Å². The molecule has 0 spiro atoms. The largest absolute Gasteiger partial charge is 0.457 e. The molecule has 158 valence electrons. The van der Waals surface area contributed by atoms with Crippen molar-refractivity contribution in [2.45, 2.75) is 32.4 Å². The van der Waals surface area contributed by atoms with Crippen molar-refractivity contribution in [3.05, 3.63) is 78.9 Å². The van der Waals surface area contributed by atoms with Crippen molar-refractivity contribution in [2.24, 2.45) is 0 Å². The van der Waals surface area contributed by atoms with Gasteiger partial charge in [0.15, 0.2) is 0 Å². The number of anilines is 3. The van der Waals surface area contributed by atoms with Crippen LogP contribution < -0.4 is 20.3 Å². The highest BCUT2D eigenvalue weighted by Gasteiger charge is 2.42. The van der Waals surface area contributed by atoms with Crippen LogP contribution >= 0.6 is 0 Å². The summed E-state index contributed by atoms with van der Waals surface area (Å²) in [6.07, 6.45) is 0. The number of carbonyl (C=O) groups is 2. The number of ether oxygens (including phenoxy) is 1. The SMILES string of the molecule is CC(C(=O)Nc1ccc(Oc2ccccc2)cc1)N1C(=O)C(C)(C)Nc2ccccc21. The van der Waals surface area contributed by atoms with Crippen LogP contribution in [0.1, 0.15) is 20.8 Å². The molecule has 0 aromatic heterocycles. The van der Waals surface area contributed by atoms with Gasteiger partial charge in [0, 0.05) is 5.69 Å². The fourth-order valence-corrected chi connectivity index (χ4v) is 3.57. The van der Waals surface area contributed by atoms with E-state index in [-0.39, 0.29) is 11.8 Å². The quantitative estimate of drug-likeness (QED) is 0.612. The molecule has 0 fully saturated rings. The normalized spacial score (nSPS) is 15.5. The minimum atomic E-state index is -0.806. The molecule has 1 atom stereocenters. The van der Waals surface area contributed by atoms with Gasteiger partial charge < -0.3 is 15.4 Å². The highest BCUT2D eigenvalue weighted by Crippen LogP contribution is 2.36. The van der Waals surface area contributed by atoms with Gasteiger partial charge in [0.05, 0.1) is 11.4 Å². The van der Waals surface area contributed by atoms with Crippen molar-refractivity contribution in [2.75, 3.05) is 15.5 Å². The summed E-state index contributed by atoms with van der Waals surface area (Å²) in [5.41, 5.74) is 1.35. The Bertz CT molecular complexity index is 1090. The van der Waals surface area contributed by atoms with Crippen molar-refractivity contribution in [1.29, 1.82) is 0 Å². The third kappa shape index (κ3) is 4.23. The maximum atomic E-state index is 13.1. The first-order valence-corrected chi connectivity index (χ1v) is 10.2. The van der Waals surface area contributed by atoms with Crippen molar-refractivity contribution in [3.8, 4) is 11.5 Å². The molecular formula is C25H25N3O3. The molecule has 0 aliphatic carbocycles. The molecule has 6 nitrogen and oxygen atoms in total. The summed E-state index contributed by atoms with van der Waals surface area (Å²) in [6.45, 7) is 5.36. The van der Waals surface area contributed by atoms with Crippen molar-refractivity contribution in [1.82, 2.24) is 0 Å². The molecule has 0 saturated carbocycles. The van der Waals surface area contributed by atoms with E-state index in [9.17, 15) is 9.59 Å². The summed E-state index contributed by atoms with van der Waals surface area (Å²) < 4.78 is 5.78. The van der Waals surface area contributed by atoms with Crippen LogP contribution in [-0.2, 0) is 9.59 Å². The number of benzene rings is 3. The average molecular weight is 415 g/mol. The van der Waals surface area contributed by atoms with Gasteiger partial charge in [0.2, 0.25) is 5.91 Å². The van der Waals surface area contributed by atoms with E-state index in [2.05, 4.69) is 10.6 Å². The minimum Gasteiger partial charge on any atom is -0.457 e. The first-order chi connectivity index (χ1) is 14.8. The van der Waals surface area contributed by atoms with Gasteiger partial charge in [-0.25, -0.2) is 0 Å². The smallest absolute Gasteiger partial charge is 0.252 e. The molecule has 3 aromatic carbocycles. The molecule has 1 aliphatic rings. The van der Waals surface area contributed by atoms with Gasteiger partial charge >= 0.3 is 0 Å². The Hall–Kier alpha value is -3.80. The highest BCUT2D eigenvalue weighted by molar-refractivity contribution is 6.12. The van der Waals surface area contributed by atoms with E-state index >= 15 is 0 Å². The first-order valence-electron chi connectivity index (χ1n) is 10.2. The molecule has 0 radical (unpaired) electrons. The molecule has 4 rings (SSSR count). The van der Waals surface area contributed by atoms with Crippen LogP contribution in [0.25, 0.3) is 0 Å². The maximum Gasteiger partial charge on any atom is 0.252 e. The number of amides is 2. The maximum absolute atomic E-state index is 13.1. The second-order valence-corrected chi connectivity index (χ2v) is 8.05. The molecule has 1 heterocycles. The molecule has 3 aromatic rings. The standard InChI is InChI=1S/C25H25N3O3/c1-17(28-22-12-8-7-11-21(22)27-25(2,3)24(28)30)23(29)26-18-13-15-20(16-14-18)31-19-9-5-4-6-10-19/h4-17,27H,1-3H3,(H,26,29). The van der Waals surface area contributed by atoms with E-state index in [0.29, 0.717) is 17.1 Å². The summed E-state index contributed by atoms with van der Waals surface area (Å²) in [6, 6.07) is 23.5. The zero-order chi connectivity index (χ0) is 22.0. The van der Waals surface area contributed by atoms with Gasteiger partial charge in [-0.05, 0) is 69.3 Å². The van der Waals surface area contributed by atoms with Crippen molar-refractivity contribution >= 4 is 28.9 Å². The third-order valence-corrected chi connectivity index (χ3v) is 5.23. The van der Waals surface area contributed by atoms with Gasteiger partial charge in [-0.15, -0.1) is 0 Å². The van der Waals surface area contributed by atoms with Crippen molar-refractivity contribution in [3.63, 3.8) is 0 Å². The lowest BCUT2D eigenvalue weighted by molar-refractivity contribution is -0.125. The van der Waals surface area contributed by atoms with Crippen LogP contribution in [0.4, 0.5) is 17.1 Å². The summed E-state index contributed by atoms with van der Waals surface area (Å²) in [7, 11) is 0. The molecule has 0 saturated heterocycles. The van der Waals surface area contributed by atoms with Gasteiger partial charge in [0.25, 0.3) is 5.91 Å². The second-order valence-electron chi connectivity index (χ2n) is 8.05. The lowest BCUT2D eigenvalue weighted by atomic mass is 9.96. The van der Waals surface area contributed by atoms with E-state index in [1.165, 1.54) is 0 Å². The van der Waals surface area contributed by atoms with Crippen LogP contribution in [0.5, 0.6) is 11.5 Å². The van der Waals surface area contributed by atoms with E-state index < -0.39 is 11.6 Å². The zero-order valence-electron chi connectivity index (χ0n) is 17.8. The summed E-state index contributed by atoms with van der Waals surface area (Å²) in [5.74, 6) is 0.995. The summed E-state index contributed by atoms with van der Waals surface area (Å²) in [5, 5.41) is 6.15. The van der Waals surface area contributed by atoms with E-state index in [0.717, 1.165) is 11.4 Å². The molecule has 6 heteroatoms. The predicted octanol–water partition coefficient (Wildman–Crippen LogP) is 5.04. The number of hydrogen-bond acceptors (Lipinski definition) is 4. The van der Waals surface area contributed by atoms with Gasteiger partial charge in [-0.2, -0.15) is 0 Å². The Morgan fingerprint density at radius 3 is 2.26 bits per heavy atom. The fraction of sp³-hybridized carbons (Fsp3) is 0.200. The Labute approximate surface area is 181 Å². The van der Waals surface area contributed by atoms with Crippen molar-refractivity contribution < 1.29 is 14.3 Å². The van der Waals surface area contributed by atoms with Crippen LogP contribution in [0.3, 0.4) is 0 Å². The lowest BCUT2D eigenvalue weighted by Gasteiger charge is -2.42. The lowest BCUT2D eigenvalue weighted by Crippen LogP contribution is -2.58. The Morgan fingerprint density at radius 2 is 1.55 bits per heavy atom. The number of carbonyl (C=O) groups excluding carboxylic acids is 2. The monoisotopic (exact) mass is 415 g/mol. The molecular weight excluding hydrogens is 390 g/mol. The number of fused-ring (bicyclic) bond motifs is 1. The Kier molecular flexibility index (Phi) is 5.38. The zero-order valence-corrected chi connectivity index (χ0v) is 17.8. The Balaban J connectivity index is 1.49. The minimum absolute atomic E-state index is 0.152. The summed E-state index contributed by atoms with van der Waals surface area (Å²) >= 11 is 0. The van der Waals surface area contributed by atoms with Crippen LogP contribution in [0, 0.1) is 0 Å². The number of rotatable bonds is 5. The molecule has 2 amide bonds. The molecule has 1 unspecified atom stereocenters. The molecule has 0 bridgehead atoms. The molecule has 2 N–H and O–H groups in total. The summed E-state index contributed by atoms with van der Waals surface area (Å²) in [4.78, 5) is 27.7. The first kappa shape index (κ1) is 20.5. The van der Waals surface area contributed by atoms with Gasteiger partial charge in [-0.3, -0.25) is 14.5 Å². The topological polar surface area (TPSA) is 70.7 Å². The van der Waals surface area contributed by atoms with Crippen LogP contribution in [0.15, 0.2) is 78.9 Å². The number of hydrogen-bond donors (Lipinski definition) is 2. The highest BCUT2D eigenvalue weighted by atomic mass is 16.5. The van der Waals surface area contributed by atoms with E-state index in [1.807, 2.05) is 68.4 Å². The Morgan fingerprint density at radius 1 is 0.935 bits per heavy atom. The average Bonchev–Trinajstić information content (AvgIpc) is 2.76. The van der Waals surface area contributed by atoms with Crippen LogP contribution in [-0.4, -0.2) is 23.4 Å². The number of nitrogens with one attached hydrogen (secondary N) is 2. The second kappa shape index (κ2) is 8.14. The van der Waals surface area contributed by atoms with Crippen LogP contribution in [0.2, 0.25) is 0 Å². The number of para-hydroxylation sites is 3. The number of nitrogens with zero attached hydrogens (tertiary/aromatic N) is 1. The molecule has 1 aliphatic heterocycles. The fourth-order valence-electron chi connectivity index (χ4n) is 3.57.